The first-order valence-electron chi connectivity index (χ1n) is 11.4. The van der Waals surface area contributed by atoms with Crippen molar-refractivity contribution in [3.63, 3.8) is 0 Å². The van der Waals surface area contributed by atoms with Gasteiger partial charge in [0.2, 0.25) is 0 Å². The number of furan rings is 1. The van der Waals surface area contributed by atoms with Crippen LogP contribution in [-0.4, -0.2) is 44.7 Å². The van der Waals surface area contributed by atoms with Crippen molar-refractivity contribution in [2.45, 2.75) is 37.3 Å². The second kappa shape index (κ2) is 12.5. The van der Waals surface area contributed by atoms with Gasteiger partial charge in [0, 0.05) is 21.8 Å². The second-order valence-electron chi connectivity index (χ2n) is 7.71. The molecule has 0 radical (unpaired) electrons. The van der Waals surface area contributed by atoms with E-state index in [9.17, 15) is 4.79 Å². The fraction of sp³-hybridized carbons (Fsp3) is 0.370. The fourth-order valence-electron chi connectivity index (χ4n) is 3.97. The Bertz CT molecular complexity index is 1030. The lowest BCUT2D eigenvalue weighted by Crippen LogP contribution is -2.24. The lowest BCUT2D eigenvalue weighted by molar-refractivity contribution is 0.0596. The maximum absolute atomic E-state index is 12.7. The summed E-state index contributed by atoms with van der Waals surface area (Å²) >= 11 is 1.74. The number of esters is 1. The molecule has 0 spiro atoms. The monoisotopic (exact) mass is 467 g/mol. The Balaban J connectivity index is 1.82. The van der Waals surface area contributed by atoms with Crippen molar-refractivity contribution in [3.05, 3.63) is 71.7 Å². The summed E-state index contributed by atoms with van der Waals surface area (Å²) in [6, 6.07) is 14.3. The Morgan fingerprint density at radius 1 is 1.03 bits per heavy atom. The van der Waals surface area contributed by atoms with E-state index in [2.05, 4.69) is 43.0 Å². The van der Waals surface area contributed by atoms with E-state index in [4.69, 9.17) is 13.9 Å². The molecule has 0 N–H and O–H groups in total. The maximum Gasteiger partial charge on any atom is 0.341 e. The highest BCUT2D eigenvalue weighted by atomic mass is 32.2. The third kappa shape index (κ3) is 6.21. The molecule has 176 valence electrons. The van der Waals surface area contributed by atoms with Crippen LogP contribution in [0.2, 0.25) is 0 Å². The zero-order valence-corrected chi connectivity index (χ0v) is 20.7. The lowest BCUT2D eigenvalue weighted by atomic mass is 9.99. The Hall–Kier alpha value is -2.70. The molecular formula is C27H33NO4S. The highest BCUT2D eigenvalue weighted by Gasteiger charge is 2.23. The lowest BCUT2D eigenvalue weighted by Gasteiger charge is -2.18. The van der Waals surface area contributed by atoms with Crippen LogP contribution in [-0.2, 0) is 16.9 Å². The van der Waals surface area contributed by atoms with Crippen LogP contribution in [0.3, 0.4) is 0 Å². The molecule has 33 heavy (non-hydrogen) atoms. The summed E-state index contributed by atoms with van der Waals surface area (Å²) in [5, 5.41) is 0. The minimum atomic E-state index is -0.402. The predicted molar refractivity (Wildman–Crippen MR) is 134 cm³/mol. The molecule has 0 aliphatic heterocycles. The van der Waals surface area contributed by atoms with Crippen molar-refractivity contribution in [1.82, 2.24) is 4.90 Å². The first-order valence-corrected chi connectivity index (χ1v) is 12.3. The van der Waals surface area contributed by atoms with Crippen LogP contribution in [0.25, 0.3) is 11.1 Å². The molecule has 0 amide bonds. The van der Waals surface area contributed by atoms with Gasteiger partial charge in [0.25, 0.3) is 0 Å². The summed E-state index contributed by atoms with van der Waals surface area (Å²) in [5.74, 6) is 0.744. The van der Waals surface area contributed by atoms with Crippen molar-refractivity contribution in [1.29, 1.82) is 0 Å². The highest BCUT2D eigenvalue weighted by molar-refractivity contribution is 7.98. The number of aryl methyl sites for hydroxylation is 1. The normalized spacial score (nSPS) is 11.1. The van der Waals surface area contributed by atoms with Crippen LogP contribution in [0.1, 0.15) is 41.8 Å². The molecule has 3 rings (SSSR count). The molecule has 0 bridgehead atoms. The van der Waals surface area contributed by atoms with Gasteiger partial charge < -0.3 is 18.8 Å². The standard InChI is InChI=1S/C27H33NO4S/c1-5-28(6-2)16-9-11-20-10-7-8-12-24(20)33-19-22-13-14-23(21-15-17-32-18-21)26(30-3)25(22)27(29)31-4/h7-8,10,12-15,17-18H,5-6,9,11,16,19H2,1-4H3. The van der Waals surface area contributed by atoms with E-state index in [1.165, 1.54) is 17.6 Å². The minimum absolute atomic E-state index is 0.402. The van der Waals surface area contributed by atoms with Gasteiger partial charge in [0.1, 0.15) is 11.3 Å². The molecule has 5 nitrogen and oxygen atoms in total. The molecular weight excluding hydrogens is 434 g/mol. The van der Waals surface area contributed by atoms with E-state index < -0.39 is 5.97 Å². The Kier molecular flexibility index (Phi) is 9.46. The van der Waals surface area contributed by atoms with Crippen LogP contribution < -0.4 is 4.74 Å². The van der Waals surface area contributed by atoms with Crippen LogP contribution in [0, 0.1) is 0 Å². The van der Waals surface area contributed by atoms with Gasteiger partial charge in [-0.1, -0.05) is 44.2 Å². The summed E-state index contributed by atoms with van der Waals surface area (Å²) < 4.78 is 16.0. The molecule has 1 heterocycles. The van der Waals surface area contributed by atoms with Crippen molar-refractivity contribution in [2.75, 3.05) is 33.9 Å². The predicted octanol–water partition coefficient (Wildman–Crippen LogP) is 6.31. The third-order valence-electron chi connectivity index (χ3n) is 5.84. The summed E-state index contributed by atoms with van der Waals surface area (Å²) in [5.41, 5.74) is 4.35. The van der Waals surface area contributed by atoms with Gasteiger partial charge in [-0.3, -0.25) is 0 Å². The Morgan fingerprint density at radius 2 is 1.82 bits per heavy atom. The van der Waals surface area contributed by atoms with E-state index in [-0.39, 0.29) is 0 Å². The zero-order valence-electron chi connectivity index (χ0n) is 19.9. The third-order valence-corrected chi connectivity index (χ3v) is 7.01. The molecule has 6 heteroatoms. The van der Waals surface area contributed by atoms with E-state index >= 15 is 0 Å². The number of ether oxygens (including phenoxy) is 2. The molecule has 0 aliphatic rings. The SMILES string of the molecule is CCN(CC)CCCc1ccccc1SCc1ccc(-c2ccoc2)c(OC)c1C(=O)OC. The molecule has 0 saturated carbocycles. The van der Waals surface area contributed by atoms with Crippen LogP contribution in [0.15, 0.2) is 64.3 Å². The van der Waals surface area contributed by atoms with Crippen molar-refractivity contribution >= 4 is 17.7 Å². The number of carbonyl (C=O) groups is 1. The van der Waals surface area contributed by atoms with Crippen LogP contribution in [0.5, 0.6) is 5.75 Å². The van der Waals surface area contributed by atoms with E-state index in [0.717, 1.165) is 49.2 Å². The highest BCUT2D eigenvalue weighted by Crippen LogP contribution is 2.38. The number of benzene rings is 2. The molecule has 0 unspecified atom stereocenters. The molecule has 0 atom stereocenters. The maximum atomic E-state index is 12.7. The zero-order chi connectivity index (χ0) is 23.6. The van der Waals surface area contributed by atoms with Gasteiger partial charge >= 0.3 is 5.97 Å². The minimum Gasteiger partial charge on any atom is -0.495 e. The number of nitrogens with zero attached hydrogens (tertiary/aromatic N) is 1. The number of hydrogen-bond acceptors (Lipinski definition) is 6. The second-order valence-corrected chi connectivity index (χ2v) is 8.73. The summed E-state index contributed by atoms with van der Waals surface area (Å²) in [6.07, 6.45) is 5.40. The smallest absolute Gasteiger partial charge is 0.341 e. The number of thioether (sulfide) groups is 1. The van der Waals surface area contributed by atoms with Gasteiger partial charge in [-0.2, -0.15) is 0 Å². The average Bonchev–Trinajstić information content (AvgIpc) is 3.39. The topological polar surface area (TPSA) is 51.9 Å². The number of hydrogen-bond donors (Lipinski definition) is 0. The van der Waals surface area contributed by atoms with E-state index in [1.807, 2.05) is 18.2 Å². The van der Waals surface area contributed by atoms with Gasteiger partial charge in [0.15, 0.2) is 0 Å². The number of carbonyl (C=O) groups excluding carboxylic acids is 1. The Labute approximate surface area is 201 Å². The van der Waals surface area contributed by atoms with Gasteiger partial charge in [-0.05, 0) is 55.7 Å². The van der Waals surface area contributed by atoms with Crippen LogP contribution >= 0.6 is 11.8 Å². The van der Waals surface area contributed by atoms with Gasteiger partial charge in [-0.25, -0.2) is 4.79 Å². The first kappa shape index (κ1) is 24.9. The van der Waals surface area contributed by atoms with E-state index in [0.29, 0.717) is 17.1 Å². The first-order chi connectivity index (χ1) is 16.1. The Morgan fingerprint density at radius 3 is 2.48 bits per heavy atom. The number of methoxy groups -OCH3 is 2. The van der Waals surface area contributed by atoms with Gasteiger partial charge in [0.05, 0.1) is 26.7 Å². The quantitative estimate of drug-likeness (QED) is 0.230. The summed E-state index contributed by atoms with van der Waals surface area (Å²) in [7, 11) is 2.97. The molecule has 0 fully saturated rings. The fourth-order valence-corrected chi connectivity index (χ4v) is 5.05. The van der Waals surface area contributed by atoms with Crippen molar-refractivity contribution < 1.29 is 18.7 Å². The molecule has 0 saturated heterocycles. The molecule has 3 aromatic rings. The molecule has 0 aliphatic carbocycles. The van der Waals surface area contributed by atoms with Crippen molar-refractivity contribution in [3.8, 4) is 16.9 Å². The molecule has 2 aromatic carbocycles. The number of rotatable bonds is 12. The van der Waals surface area contributed by atoms with Gasteiger partial charge in [-0.15, -0.1) is 11.8 Å². The largest absolute Gasteiger partial charge is 0.495 e. The summed E-state index contributed by atoms with van der Waals surface area (Å²) in [4.78, 5) is 16.4. The van der Waals surface area contributed by atoms with Crippen molar-refractivity contribution in [2.24, 2.45) is 0 Å². The van der Waals surface area contributed by atoms with E-state index in [1.54, 1.807) is 31.4 Å². The van der Waals surface area contributed by atoms with Crippen LogP contribution in [0.4, 0.5) is 0 Å². The summed E-state index contributed by atoms with van der Waals surface area (Å²) in [6.45, 7) is 7.68. The average molecular weight is 468 g/mol. The molecule has 1 aromatic heterocycles.